The molecule has 2 amide bonds. The number of esters is 1. The molecule has 6 rings (SSSR count). The number of cyclic esters (lactones) is 1. The molecule has 0 aromatic heterocycles. The fourth-order valence-electron chi connectivity index (χ4n) is 7.02. The second kappa shape index (κ2) is 10.5. The van der Waals surface area contributed by atoms with Crippen LogP contribution in [0.2, 0.25) is 0 Å². The van der Waals surface area contributed by atoms with Gasteiger partial charge < -0.3 is 24.4 Å². The number of allylic oxidation sites excluding steroid dienone is 1. The quantitative estimate of drug-likeness (QED) is 0.338. The molecule has 40 heavy (non-hydrogen) atoms. The zero-order valence-corrected chi connectivity index (χ0v) is 22.8. The predicted octanol–water partition coefficient (Wildman–Crippen LogP) is 3.77. The fraction of sp³-hybridized carbons (Fsp3) is 0.469. The van der Waals surface area contributed by atoms with Crippen molar-refractivity contribution in [3.63, 3.8) is 0 Å². The van der Waals surface area contributed by atoms with Crippen LogP contribution in [0, 0.1) is 11.8 Å². The molecule has 2 aromatic rings. The molecule has 210 valence electrons. The summed E-state index contributed by atoms with van der Waals surface area (Å²) in [5.41, 5.74) is -1.66. The Hall–Kier alpha value is -3.49. The minimum absolute atomic E-state index is 0.0725. The van der Waals surface area contributed by atoms with Gasteiger partial charge in [0.05, 0.1) is 18.1 Å². The zero-order chi connectivity index (χ0) is 27.9. The van der Waals surface area contributed by atoms with Gasteiger partial charge in [-0.25, -0.2) is 0 Å². The highest BCUT2D eigenvalue weighted by Crippen LogP contribution is 2.57. The Morgan fingerprint density at radius 2 is 1.77 bits per heavy atom. The lowest BCUT2D eigenvalue weighted by Gasteiger charge is -2.37. The maximum atomic E-state index is 14.6. The largest absolute Gasteiger partial charge is 0.465 e. The van der Waals surface area contributed by atoms with Gasteiger partial charge in [-0.2, -0.15) is 0 Å². The molecule has 2 saturated heterocycles. The Balaban J connectivity index is 1.44. The summed E-state index contributed by atoms with van der Waals surface area (Å²) in [5, 5.41) is 11.4. The van der Waals surface area contributed by atoms with Crippen LogP contribution in [0.3, 0.4) is 0 Å². The lowest BCUT2D eigenvalue weighted by Crippen LogP contribution is -2.56. The van der Waals surface area contributed by atoms with E-state index in [1.807, 2.05) is 73.7 Å². The van der Waals surface area contributed by atoms with Crippen molar-refractivity contribution in [2.24, 2.45) is 11.8 Å². The van der Waals surface area contributed by atoms with Crippen molar-refractivity contribution in [3.8, 4) is 0 Å². The maximum absolute atomic E-state index is 14.6. The molecule has 5 atom stereocenters. The summed E-state index contributed by atoms with van der Waals surface area (Å²) in [6.45, 7) is 2.84. The minimum atomic E-state index is -1.31. The van der Waals surface area contributed by atoms with Gasteiger partial charge in [0.25, 0.3) is 5.91 Å². The molecule has 4 aliphatic rings. The van der Waals surface area contributed by atoms with Crippen LogP contribution in [0.4, 0.5) is 5.69 Å². The van der Waals surface area contributed by atoms with Crippen molar-refractivity contribution in [3.05, 3.63) is 66.8 Å². The number of hydrogen-bond donors (Lipinski definition) is 1. The summed E-state index contributed by atoms with van der Waals surface area (Å²) in [7, 11) is 0. The van der Waals surface area contributed by atoms with Gasteiger partial charge in [-0.15, -0.1) is 0 Å². The first kappa shape index (κ1) is 26.7. The second-order valence-corrected chi connectivity index (χ2v) is 11.4. The molecule has 0 bridgehead atoms. The van der Waals surface area contributed by atoms with Gasteiger partial charge in [0.15, 0.2) is 0 Å². The second-order valence-electron chi connectivity index (χ2n) is 11.4. The summed E-state index contributed by atoms with van der Waals surface area (Å²) in [6.07, 6.45) is 11.0. The number of aliphatic hydroxyl groups excluding tert-OH is 1. The lowest BCUT2D eigenvalue weighted by molar-refractivity contribution is -0.158. The van der Waals surface area contributed by atoms with Gasteiger partial charge in [0, 0.05) is 25.4 Å². The Bertz CT molecular complexity index is 1390. The third-order valence-corrected chi connectivity index (χ3v) is 8.85. The van der Waals surface area contributed by atoms with E-state index in [-0.39, 0.29) is 25.0 Å². The Kier molecular flexibility index (Phi) is 7.00. The number of anilines is 1. The first-order valence-electron chi connectivity index (χ1n) is 14.3. The van der Waals surface area contributed by atoms with E-state index < -0.39 is 35.0 Å². The summed E-state index contributed by atoms with van der Waals surface area (Å²) >= 11 is 0. The first-order valence-corrected chi connectivity index (χ1v) is 14.3. The van der Waals surface area contributed by atoms with Crippen LogP contribution in [-0.4, -0.2) is 71.3 Å². The molecule has 1 spiro atoms. The van der Waals surface area contributed by atoms with Crippen LogP contribution in [0.25, 0.3) is 10.8 Å². The van der Waals surface area contributed by atoms with Crippen molar-refractivity contribution < 1.29 is 29.0 Å². The lowest BCUT2D eigenvalue weighted by atomic mass is 9.74. The number of carbonyl (C=O) groups excluding carboxylic acids is 3. The predicted molar refractivity (Wildman–Crippen MR) is 150 cm³/mol. The number of benzene rings is 2. The molecule has 2 fully saturated rings. The third kappa shape index (κ3) is 4.25. The summed E-state index contributed by atoms with van der Waals surface area (Å²) in [6, 6.07) is 13.0. The summed E-state index contributed by atoms with van der Waals surface area (Å²) in [4.78, 5) is 45.7. The minimum Gasteiger partial charge on any atom is -0.465 e. The van der Waals surface area contributed by atoms with Gasteiger partial charge in [0.1, 0.15) is 17.6 Å². The van der Waals surface area contributed by atoms with Gasteiger partial charge in [-0.05, 0) is 61.9 Å². The normalized spacial score (nSPS) is 32.5. The molecular formula is C32H36N2O6. The molecule has 2 aromatic carbocycles. The fourth-order valence-corrected chi connectivity index (χ4v) is 7.02. The number of nitrogens with zero attached hydrogens (tertiary/aromatic N) is 2. The third-order valence-electron chi connectivity index (χ3n) is 8.85. The van der Waals surface area contributed by atoms with Crippen molar-refractivity contribution in [2.45, 2.75) is 56.3 Å². The molecular weight excluding hydrogens is 508 g/mol. The number of ether oxygens (including phenoxy) is 2. The van der Waals surface area contributed by atoms with E-state index in [1.165, 1.54) is 0 Å². The molecule has 4 aliphatic heterocycles. The number of amides is 2. The number of unbranched alkanes of at least 4 members (excludes halogenated alkanes) is 2. The number of likely N-dealkylation sites (tertiary alicyclic amines) is 1. The van der Waals surface area contributed by atoms with Crippen molar-refractivity contribution in [1.82, 2.24) is 4.90 Å². The summed E-state index contributed by atoms with van der Waals surface area (Å²) in [5.74, 6) is -2.70. The molecule has 8 nitrogen and oxygen atoms in total. The van der Waals surface area contributed by atoms with Gasteiger partial charge in [-0.1, -0.05) is 54.6 Å². The van der Waals surface area contributed by atoms with Crippen molar-refractivity contribution in [1.29, 1.82) is 0 Å². The highest BCUT2D eigenvalue weighted by atomic mass is 16.6. The smallest absolute Gasteiger partial charge is 0.313 e. The van der Waals surface area contributed by atoms with E-state index in [1.54, 1.807) is 9.80 Å². The first-order chi connectivity index (χ1) is 19.4. The standard InChI is InChI=1S/C32H36N2O6/c1-31-15-6-2-9-20-39-30(38)26(31)25-28(36)34(17-7-3-8-19-35)27-29(37)33(18-10-16-32(25,27)40-31)24-14-13-22-11-4-5-12-23(22)21-24/h4-6,10-16,21,25-27,35H,2-3,7-9,17-20H2,1H3/b15-6-/t25-,26-,27?,31+,32-/m0/s1. The van der Waals surface area contributed by atoms with Crippen LogP contribution in [0.1, 0.15) is 39.0 Å². The maximum Gasteiger partial charge on any atom is 0.313 e. The Morgan fingerprint density at radius 3 is 2.60 bits per heavy atom. The Morgan fingerprint density at radius 1 is 0.950 bits per heavy atom. The molecule has 0 saturated carbocycles. The van der Waals surface area contributed by atoms with E-state index >= 15 is 0 Å². The molecule has 1 unspecified atom stereocenters. The molecule has 0 radical (unpaired) electrons. The van der Waals surface area contributed by atoms with Crippen molar-refractivity contribution >= 4 is 34.2 Å². The SMILES string of the molecule is C[C@@]12/C=C\CCCOC(=O)[C@@H]1[C@H]1C(=O)N(CCCCCO)C3C(=O)N(c4ccc5ccccc5c4)CC=C[C@@]31O2. The van der Waals surface area contributed by atoms with Crippen molar-refractivity contribution in [2.75, 3.05) is 31.2 Å². The van der Waals surface area contributed by atoms with Gasteiger partial charge in [-0.3, -0.25) is 14.4 Å². The van der Waals surface area contributed by atoms with Crippen LogP contribution in [0.5, 0.6) is 0 Å². The average Bonchev–Trinajstić information content (AvgIpc) is 3.29. The Labute approximate surface area is 234 Å². The van der Waals surface area contributed by atoms with Crippen LogP contribution in [0.15, 0.2) is 66.8 Å². The monoisotopic (exact) mass is 544 g/mol. The number of rotatable bonds is 6. The molecule has 0 aliphatic carbocycles. The highest BCUT2D eigenvalue weighted by Gasteiger charge is 2.74. The van der Waals surface area contributed by atoms with E-state index in [4.69, 9.17) is 9.47 Å². The van der Waals surface area contributed by atoms with Crippen LogP contribution >= 0.6 is 0 Å². The topological polar surface area (TPSA) is 96.4 Å². The molecule has 1 N–H and O–H groups in total. The molecule has 4 heterocycles. The van der Waals surface area contributed by atoms with E-state index in [0.717, 1.165) is 29.3 Å². The van der Waals surface area contributed by atoms with Crippen LogP contribution < -0.4 is 4.90 Å². The van der Waals surface area contributed by atoms with E-state index in [0.29, 0.717) is 32.4 Å². The van der Waals surface area contributed by atoms with Gasteiger partial charge in [0.2, 0.25) is 5.91 Å². The highest BCUT2D eigenvalue weighted by molar-refractivity contribution is 6.06. The number of hydrogen-bond acceptors (Lipinski definition) is 6. The van der Waals surface area contributed by atoms with Gasteiger partial charge >= 0.3 is 5.97 Å². The van der Waals surface area contributed by atoms with E-state index in [9.17, 15) is 19.5 Å². The molecule has 8 heteroatoms. The zero-order valence-electron chi connectivity index (χ0n) is 22.8. The average molecular weight is 545 g/mol. The number of fused-ring (bicyclic) bond motifs is 3. The summed E-state index contributed by atoms with van der Waals surface area (Å²) < 4.78 is 12.5. The number of aliphatic hydroxyl groups is 1. The van der Waals surface area contributed by atoms with Crippen LogP contribution in [-0.2, 0) is 23.9 Å². The number of carbonyl (C=O) groups is 3. The van der Waals surface area contributed by atoms with E-state index in [2.05, 4.69) is 0 Å².